The number of allylic oxidation sites excluding steroid dienone is 2. The molecule has 0 heteroatoms. The molecule has 1 aliphatic rings. The average Bonchev–Trinajstić information content (AvgIpc) is 2.11. The van der Waals surface area contributed by atoms with Gasteiger partial charge in [-0.1, -0.05) is 44.3 Å². The Morgan fingerprint density at radius 1 is 0.917 bits per heavy atom. The van der Waals surface area contributed by atoms with Crippen LogP contribution in [0.15, 0.2) is 12.2 Å². The summed E-state index contributed by atoms with van der Waals surface area (Å²) in [5, 5.41) is 0. The summed E-state index contributed by atoms with van der Waals surface area (Å²) in [6.45, 7) is 4.12. The SMILES string of the molecule is [CH2]C1/C=C/CCCCCCCC1. The van der Waals surface area contributed by atoms with Crippen LogP contribution in [0.1, 0.15) is 51.4 Å². The molecule has 0 fully saturated rings. The fraction of sp³-hybridized carbons (Fsp3) is 0.750. The van der Waals surface area contributed by atoms with Crippen molar-refractivity contribution in [2.45, 2.75) is 51.4 Å². The molecule has 0 bridgehead atoms. The van der Waals surface area contributed by atoms with Gasteiger partial charge in [0, 0.05) is 0 Å². The first kappa shape index (κ1) is 9.83. The Morgan fingerprint density at radius 2 is 1.58 bits per heavy atom. The molecule has 0 saturated heterocycles. The third-order valence-electron chi connectivity index (χ3n) is 2.60. The standard InChI is InChI=1S/C12H21/c1-12-10-8-6-4-2-3-5-7-9-11-12/h8,10,12H,1-7,9,11H2/b10-8+. The Hall–Kier alpha value is -0.260. The topological polar surface area (TPSA) is 0 Å². The Kier molecular flexibility index (Phi) is 5.14. The minimum atomic E-state index is 0.572. The highest BCUT2D eigenvalue weighted by molar-refractivity contribution is 4.89. The van der Waals surface area contributed by atoms with Gasteiger partial charge in [0.1, 0.15) is 0 Å². The van der Waals surface area contributed by atoms with Gasteiger partial charge in [-0.25, -0.2) is 0 Å². The zero-order valence-corrected chi connectivity index (χ0v) is 8.10. The van der Waals surface area contributed by atoms with Crippen molar-refractivity contribution >= 4 is 0 Å². The number of rotatable bonds is 0. The lowest BCUT2D eigenvalue weighted by atomic mass is 10.0. The molecule has 0 aromatic rings. The first-order chi connectivity index (χ1) is 5.89. The second kappa shape index (κ2) is 6.28. The summed E-state index contributed by atoms with van der Waals surface area (Å²) in [5.74, 6) is 0.572. The van der Waals surface area contributed by atoms with Crippen LogP contribution in [0.4, 0.5) is 0 Å². The minimum Gasteiger partial charge on any atom is -0.0883 e. The van der Waals surface area contributed by atoms with Crippen molar-refractivity contribution in [2.75, 3.05) is 0 Å². The molecule has 0 saturated carbocycles. The normalized spacial score (nSPS) is 30.6. The van der Waals surface area contributed by atoms with Gasteiger partial charge in [0.25, 0.3) is 0 Å². The van der Waals surface area contributed by atoms with Crippen LogP contribution < -0.4 is 0 Å². The molecule has 1 rings (SSSR count). The first-order valence-corrected chi connectivity index (χ1v) is 5.39. The largest absolute Gasteiger partial charge is 0.0883 e. The van der Waals surface area contributed by atoms with Crippen LogP contribution in [-0.2, 0) is 0 Å². The van der Waals surface area contributed by atoms with Crippen LogP contribution in [0.2, 0.25) is 0 Å². The lowest BCUT2D eigenvalue weighted by Crippen LogP contribution is -1.89. The number of hydrogen-bond acceptors (Lipinski definition) is 0. The summed E-state index contributed by atoms with van der Waals surface area (Å²) in [4.78, 5) is 0. The Labute approximate surface area is 77.1 Å². The van der Waals surface area contributed by atoms with Crippen molar-refractivity contribution in [3.05, 3.63) is 19.1 Å². The molecule has 1 aliphatic carbocycles. The molecule has 0 nitrogen and oxygen atoms in total. The van der Waals surface area contributed by atoms with E-state index in [0.29, 0.717) is 5.92 Å². The zero-order valence-electron chi connectivity index (χ0n) is 8.10. The van der Waals surface area contributed by atoms with Gasteiger partial charge in [0.05, 0.1) is 0 Å². The van der Waals surface area contributed by atoms with Gasteiger partial charge in [-0.2, -0.15) is 0 Å². The van der Waals surface area contributed by atoms with Gasteiger partial charge in [-0.05, 0) is 32.1 Å². The van der Waals surface area contributed by atoms with Gasteiger partial charge in [-0.15, -0.1) is 0 Å². The quantitative estimate of drug-likeness (QED) is 0.473. The van der Waals surface area contributed by atoms with Crippen molar-refractivity contribution < 1.29 is 0 Å². The van der Waals surface area contributed by atoms with Crippen molar-refractivity contribution in [1.82, 2.24) is 0 Å². The molecule has 0 N–H and O–H groups in total. The fourth-order valence-electron chi connectivity index (χ4n) is 1.76. The fourth-order valence-corrected chi connectivity index (χ4v) is 1.76. The van der Waals surface area contributed by atoms with E-state index in [1.165, 1.54) is 51.4 Å². The summed E-state index contributed by atoms with van der Waals surface area (Å²) in [5.41, 5.74) is 0. The molecule has 0 spiro atoms. The van der Waals surface area contributed by atoms with E-state index in [-0.39, 0.29) is 0 Å². The molecule has 0 heterocycles. The van der Waals surface area contributed by atoms with E-state index >= 15 is 0 Å². The molecule has 0 amide bonds. The van der Waals surface area contributed by atoms with Crippen LogP contribution in [0.5, 0.6) is 0 Å². The summed E-state index contributed by atoms with van der Waals surface area (Å²) < 4.78 is 0. The predicted molar refractivity (Wildman–Crippen MR) is 54.9 cm³/mol. The lowest BCUT2D eigenvalue weighted by Gasteiger charge is -2.03. The molecule has 0 aliphatic heterocycles. The Morgan fingerprint density at radius 3 is 2.42 bits per heavy atom. The predicted octanol–water partition coefficient (Wildman–Crippen LogP) is 4.13. The summed E-state index contributed by atoms with van der Waals surface area (Å²) >= 11 is 0. The highest BCUT2D eigenvalue weighted by atomic mass is 14.0. The van der Waals surface area contributed by atoms with Gasteiger partial charge >= 0.3 is 0 Å². The molecule has 0 aromatic heterocycles. The maximum absolute atomic E-state index is 4.12. The van der Waals surface area contributed by atoms with Gasteiger partial charge in [0.15, 0.2) is 0 Å². The van der Waals surface area contributed by atoms with Crippen LogP contribution in [-0.4, -0.2) is 0 Å². The zero-order chi connectivity index (χ0) is 8.65. The van der Waals surface area contributed by atoms with E-state index in [4.69, 9.17) is 0 Å². The molecule has 12 heavy (non-hydrogen) atoms. The van der Waals surface area contributed by atoms with Crippen LogP contribution in [0.25, 0.3) is 0 Å². The molecule has 1 unspecified atom stereocenters. The minimum absolute atomic E-state index is 0.572. The second-order valence-corrected chi connectivity index (χ2v) is 3.89. The highest BCUT2D eigenvalue weighted by Gasteiger charge is 1.98. The van der Waals surface area contributed by atoms with E-state index in [1.54, 1.807) is 0 Å². The van der Waals surface area contributed by atoms with Gasteiger partial charge in [-0.3, -0.25) is 0 Å². The van der Waals surface area contributed by atoms with E-state index in [1.807, 2.05) is 0 Å². The Bertz CT molecular complexity index is 124. The summed E-state index contributed by atoms with van der Waals surface area (Å²) in [6, 6.07) is 0. The van der Waals surface area contributed by atoms with Crippen LogP contribution >= 0.6 is 0 Å². The third-order valence-corrected chi connectivity index (χ3v) is 2.60. The van der Waals surface area contributed by atoms with Crippen LogP contribution in [0, 0.1) is 12.8 Å². The van der Waals surface area contributed by atoms with E-state index in [9.17, 15) is 0 Å². The smallest absolute Gasteiger partial charge is 0.0233 e. The first-order valence-electron chi connectivity index (χ1n) is 5.39. The van der Waals surface area contributed by atoms with Crippen molar-refractivity contribution in [3.8, 4) is 0 Å². The maximum atomic E-state index is 4.12. The molecular weight excluding hydrogens is 144 g/mol. The third kappa shape index (κ3) is 4.58. The number of hydrogen-bond donors (Lipinski definition) is 0. The van der Waals surface area contributed by atoms with Crippen molar-refractivity contribution in [2.24, 2.45) is 5.92 Å². The van der Waals surface area contributed by atoms with E-state index in [2.05, 4.69) is 19.1 Å². The molecule has 69 valence electrons. The molecule has 1 atom stereocenters. The highest BCUT2D eigenvalue weighted by Crippen LogP contribution is 2.15. The average molecular weight is 165 g/mol. The molecule has 1 radical (unpaired) electrons. The summed E-state index contributed by atoms with van der Waals surface area (Å²) in [6.07, 6.45) is 15.6. The van der Waals surface area contributed by atoms with E-state index < -0.39 is 0 Å². The lowest BCUT2D eigenvalue weighted by molar-refractivity contribution is 0.564. The van der Waals surface area contributed by atoms with Gasteiger partial charge < -0.3 is 0 Å². The monoisotopic (exact) mass is 165 g/mol. The molecule has 0 aromatic carbocycles. The van der Waals surface area contributed by atoms with Crippen molar-refractivity contribution in [3.63, 3.8) is 0 Å². The second-order valence-electron chi connectivity index (χ2n) is 3.89. The summed E-state index contributed by atoms with van der Waals surface area (Å²) in [7, 11) is 0. The van der Waals surface area contributed by atoms with Gasteiger partial charge in [0.2, 0.25) is 0 Å². The maximum Gasteiger partial charge on any atom is -0.0233 e. The van der Waals surface area contributed by atoms with Crippen molar-refractivity contribution in [1.29, 1.82) is 0 Å². The Balaban J connectivity index is 2.24. The van der Waals surface area contributed by atoms with Crippen LogP contribution in [0.3, 0.4) is 0 Å². The van der Waals surface area contributed by atoms with E-state index in [0.717, 1.165) is 0 Å². The molecular formula is C12H21.